The summed E-state index contributed by atoms with van der Waals surface area (Å²) in [7, 11) is -3.00. The summed E-state index contributed by atoms with van der Waals surface area (Å²) >= 11 is 5.10. The van der Waals surface area contributed by atoms with E-state index in [0.29, 0.717) is 37.5 Å². The zero-order chi connectivity index (χ0) is 13.1. The van der Waals surface area contributed by atoms with Crippen LogP contribution in [0.4, 0.5) is 0 Å². The van der Waals surface area contributed by atoms with E-state index >= 15 is 0 Å². The summed E-state index contributed by atoms with van der Waals surface area (Å²) in [5.74, 6) is 0.180. The normalized spacial score (nSPS) is 29.4. The van der Waals surface area contributed by atoms with Gasteiger partial charge in [-0.15, -0.1) is 0 Å². The van der Waals surface area contributed by atoms with Crippen LogP contribution in [0, 0.1) is 5.41 Å². The van der Waals surface area contributed by atoms with E-state index in [2.05, 4.69) is 0 Å². The lowest BCUT2D eigenvalue weighted by molar-refractivity contribution is 0.0896. The molecule has 1 aliphatic carbocycles. The van der Waals surface area contributed by atoms with Crippen LogP contribution in [0.2, 0.25) is 0 Å². The van der Waals surface area contributed by atoms with Crippen molar-refractivity contribution in [1.29, 1.82) is 0 Å². The third-order valence-corrected chi connectivity index (χ3v) is 6.23. The molecule has 100 valence electrons. The molecular weight excluding hydrogens is 258 g/mol. The van der Waals surface area contributed by atoms with Crippen molar-refractivity contribution in [3.63, 3.8) is 0 Å². The Morgan fingerprint density at radius 3 is 2.65 bits per heavy atom. The van der Waals surface area contributed by atoms with Crippen molar-refractivity contribution in [3.8, 4) is 0 Å². The highest BCUT2D eigenvalue weighted by atomic mass is 32.2. The van der Waals surface area contributed by atoms with Gasteiger partial charge >= 0.3 is 0 Å². The van der Waals surface area contributed by atoms with Gasteiger partial charge in [0.15, 0.2) is 9.84 Å². The minimum atomic E-state index is -3.00. The predicted octanol–water partition coefficient (Wildman–Crippen LogP) is 1.28. The Hall–Kier alpha value is -0.200. The maximum Gasteiger partial charge on any atom is 0.152 e. The number of hydrogen-bond acceptors (Lipinski definition) is 4. The molecule has 1 aliphatic rings. The van der Waals surface area contributed by atoms with E-state index in [1.165, 1.54) is 0 Å². The highest BCUT2D eigenvalue weighted by Gasteiger charge is 2.45. The fraction of sp³-hybridized carbons (Fsp3) is 0.909. The number of hydrogen-bond donors (Lipinski definition) is 1. The molecule has 17 heavy (non-hydrogen) atoms. The van der Waals surface area contributed by atoms with E-state index < -0.39 is 15.3 Å². The third-order valence-electron chi connectivity index (χ3n) is 3.58. The van der Waals surface area contributed by atoms with Crippen molar-refractivity contribution in [2.75, 3.05) is 19.0 Å². The molecule has 0 aliphatic heterocycles. The third kappa shape index (κ3) is 3.17. The average molecular weight is 279 g/mol. The fourth-order valence-corrected chi connectivity index (χ4v) is 4.11. The predicted molar refractivity (Wildman–Crippen MR) is 72.8 cm³/mol. The quantitative estimate of drug-likeness (QED) is 0.742. The Kier molecular flexibility index (Phi) is 4.92. The molecule has 0 amide bonds. The Labute approximate surface area is 109 Å². The van der Waals surface area contributed by atoms with Crippen LogP contribution >= 0.6 is 12.2 Å². The Balaban J connectivity index is 2.82. The molecule has 0 spiro atoms. The molecule has 0 radical (unpaired) electrons. The summed E-state index contributed by atoms with van der Waals surface area (Å²) in [4.78, 5) is 0.389. The van der Waals surface area contributed by atoms with Gasteiger partial charge in [0.2, 0.25) is 0 Å². The minimum absolute atomic E-state index is 0.180. The second kappa shape index (κ2) is 5.63. The van der Waals surface area contributed by atoms with Gasteiger partial charge in [0.05, 0.1) is 16.8 Å². The maximum atomic E-state index is 11.9. The Morgan fingerprint density at radius 2 is 2.18 bits per heavy atom. The van der Waals surface area contributed by atoms with Crippen LogP contribution in [0.5, 0.6) is 0 Å². The summed E-state index contributed by atoms with van der Waals surface area (Å²) < 4.78 is 29.1. The Bertz CT molecular complexity index is 380. The molecule has 0 bridgehead atoms. The number of rotatable bonds is 6. The largest absolute Gasteiger partial charge is 0.393 e. The first kappa shape index (κ1) is 14.9. The minimum Gasteiger partial charge on any atom is -0.393 e. The number of thiocarbonyl (C=S) groups is 1. The molecular formula is C11H21NO3S2. The summed E-state index contributed by atoms with van der Waals surface area (Å²) in [6, 6.07) is 0. The van der Waals surface area contributed by atoms with E-state index in [-0.39, 0.29) is 11.0 Å². The summed E-state index contributed by atoms with van der Waals surface area (Å²) in [6.07, 6.45) is 1.87. The molecule has 0 heterocycles. The first-order chi connectivity index (χ1) is 7.88. The van der Waals surface area contributed by atoms with Crippen LogP contribution in [-0.4, -0.2) is 37.6 Å². The zero-order valence-corrected chi connectivity index (χ0v) is 12.1. The van der Waals surface area contributed by atoms with Crippen molar-refractivity contribution in [1.82, 2.24) is 0 Å². The standard InChI is InChI=1S/C11H21NO3S2/c1-3-15-8-11(10(12)16)6-5-9(7-11)17(13,14)4-2/h9H,3-8H2,1-2H3,(H2,12,16)/t9-,11+/m1/s1. The van der Waals surface area contributed by atoms with Gasteiger partial charge in [-0.1, -0.05) is 19.1 Å². The molecule has 6 heteroatoms. The monoisotopic (exact) mass is 279 g/mol. The van der Waals surface area contributed by atoms with Gasteiger partial charge in [-0.25, -0.2) is 8.42 Å². The molecule has 1 rings (SSSR count). The van der Waals surface area contributed by atoms with Crippen LogP contribution in [0.15, 0.2) is 0 Å². The second-order valence-electron chi connectivity index (χ2n) is 4.60. The van der Waals surface area contributed by atoms with Crippen LogP contribution in [0.3, 0.4) is 0 Å². The molecule has 0 aromatic heterocycles. The smallest absolute Gasteiger partial charge is 0.152 e. The van der Waals surface area contributed by atoms with Gasteiger partial charge in [0, 0.05) is 17.8 Å². The zero-order valence-electron chi connectivity index (χ0n) is 10.4. The molecule has 0 aromatic carbocycles. The highest BCUT2D eigenvalue weighted by Crippen LogP contribution is 2.42. The molecule has 0 unspecified atom stereocenters. The van der Waals surface area contributed by atoms with Gasteiger partial charge in [-0.2, -0.15) is 0 Å². The summed E-state index contributed by atoms with van der Waals surface area (Å²) in [5, 5.41) is -0.311. The number of nitrogens with two attached hydrogens (primary N) is 1. The highest BCUT2D eigenvalue weighted by molar-refractivity contribution is 7.92. The van der Waals surface area contributed by atoms with Gasteiger partial charge < -0.3 is 10.5 Å². The number of ether oxygens (including phenoxy) is 1. The van der Waals surface area contributed by atoms with Crippen molar-refractivity contribution in [2.45, 2.75) is 38.4 Å². The van der Waals surface area contributed by atoms with Crippen molar-refractivity contribution in [2.24, 2.45) is 11.1 Å². The van der Waals surface area contributed by atoms with Crippen LogP contribution in [0.25, 0.3) is 0 Å². The van der Waals surface area contributed by atoms with E-state index in [0.717, 1.165) is 0 Å². The van der Waals surface area contributed by atoms with E-state index in [1.807, 2.05) is 6.92 Å². The van der Waals surface area contributed by atoms with Gasteiger partial charge in [-0.3, -0.25) is 0 Å². The SMILES string of the molecule is CCOC[C@]1(C(N)=S)CC[C@@H](S(=O)(=O)CC)C1. The molecule has 2 N–H and O–H groups in total. The molecule has 2 atom stereocenters. The summed E-state index contributed by atoms with van der Waals surface area (Å²) in [5.41, 5.74) is 5.36. The van der Waals surface area contributed by atoms with Crippen LogP contribution in [0.1, 0.15) is 33.1 Å². The molecule has 1 fully saturated rings. The van der Waals surface area contributed by atoms with Crippen molar-refractivity contribution in [3.05, 3.63) is 0 Å². The van der Waals surface area contributed by atoms with Gasteiger partial charge in [0.1, 0.15) is 0 Å². The lowest BCUT2D eigenvalue weighted by Gasteiger charge is -2.27. The number of sulfone groups is 1. The fourth-order valence-electron chi connectivity index (χ4n) is 2.34. The molecule has 0 saturated heterocycles. The first-order valence-electron chi connectivity index (χ1n) is 5.97. The van der Waals surface area contributed by atoms with Crippen molar-refractivity contribution >= 4 is 27.0 Å². The topological polar surface area (TPSA) is 69.4 Å². The van der Waals surface area contributed by atoms with E-state index in [9.17, 15) is 8.42 Å². The summed E-state index contributed by atoms with van der Waals surface area (Å²) in [6.45, 7) is 4.62. The van der Waals surface area contributed by atoms with Gasteiger partial charge in [-0.05, 0) is 26.2 Å². The first-order valence-corrected chi connectivity index (χ1v) is 8.09. The van der Waals surface area contributed by atoms with Crippen LogP contribution < -0.4 is 5.73 Å². The molecule has 1 saturated carbocycles. The van der Waals surface area contributed by atoms with Crippen LogP contribution in [-0.2, 0) is 14.6 Å². The average Bonchev–Trinajstić information content (AvgIpc) is 2.73. The molecule has 4 nitrogen and oxygen atoms in total. The lowest BCUT2D eigenvalue weighted by atomic mass is 9.87. The van der Waals surface area contributed by atoms with Crippen molar-refractivity contribution < 1.29 is 13.2 Å². The van der Waals surface area contributed by atoms with Gasteiger partial charge in [0.25, 0.3) is 0 Å². The van der Waals surface area contributed by atoms with E-state index in [4.69, 9.17) is 22.7 Å². The maximum absolute atomic E-state index is 11.9. The second-order valence-corrected chi connectivity index (χ2v) is 7.61. The van der Waals surface area contributed by atoms with E-state index in [1.54, 1.807) is 6.92 Å². The Morgan fingerprint density at radius 1 is 1.53 bits per heavy atom. The molecule has 0 aromatic rings. The lowest BCUT2D eigenvalue weighted by Crippen LogP contribution is -2.38.